The normalized spacial score (nSPS) is 16.5. The second-order valence-corrected chi connectivity index (χ2v) is 19.3. The fraction of sp³-hybridized carbons (Fsp3) is 0.548. The van der Waals surface area contributed by atoms with Gasteiger partial charge < -0.3 is 15.0 Å². The van der Waals surface area contributed by atoms with Crippen LogP contribution in [0.5, 0.6) is 0 Å². The zero-order valence-corrected chi connectivity index (χ0v) is 27.8. The first-order valence-electron chi connectivity index (χ1n) is 15.0. The number of imidazole rings is 1. The molecule has 0 saturated heterocycles. The number of aromatic nitrogens is 2. The molecule has 2 aromatic rings. The van der Waals surface area contributed by atoms with E-state index in [-0.39, 0.29) is 23.9 Å². The van der Waals surface area contributed by atoms with Crippen LogP contribution in [-0.4, -0.2) is 73.1 Å². The zero-order valence-electron chi connectivity index (χ0n) is 26.8. The van der Waals surface area contributed by atoms with Crippen molar-refractivity contribution < 1.29 is 9.53 Å². The summed E-state index contributed by atoms with van der Waals surface area (Å²) < 4.78 is 7.44. The molecule has 1 aliphatic carbocycles. The van der Waals surface area contributed by atoms with E-state index in [2.05, 4.69) is 83.1 Å². The number of carbonyl (C=O) groups excluding carboxylic acids is 1. The monoisotopic (exact) mass is 605 g/mol. The van der Waals surface area contributed by atoms with Crippen molar-refractivity contribution in [3.05, 3.63) is 53.1 Å². The molecule has 1 aromatic carbocycles. The molecule has 3 N–H and O–H groups in total. The molecule has 2 heterocycles. The Kier molecular flexibility index (Phi) is 10.4. The minimum absolute atomic E-state index is 0.108. The molecule has 0 fully saturated rings. The first kappa shape index (κ1) is 32.4. The molecule has 0 radical (unpaired) electrons. The van der Waals surface area contributed by atoms with Crippen molar-refractivity contribution in [2.45, 2.75) is 71.9 Å². The van der Waals surface area contributed by atoms with Gasteiger partial charge in [-0.25, -0.2) is 10.5 Å². The average molecular weight is 606 g/mol. The number of amides is 1. The van der Waals surface area contributed by atoms with Gasteiger partial charge in [-0.3, -0.25) is 14.4 Å². The number of likely N-dealkylation sites (N-methyl/N-ethyl adjacent to an activating group) is 1. The molecule has 2 aliphatic rings. The van der Waals surface area contributed by atoms with Gasteiger partial charge in [0.15, 0.2) is 0 Å². The third-order valence-corrected chi connectivity index (χ3v) is 9.56. The van der Waals surface area contributed by atoms with E-state index in [4.69, 9.17) is 4.74 Å². The highest BCUT2D eigenvalue weighted by Gasteiger charge is 2.25. The van der Waals surface area contributed by atoms with Crippen LogP contribution in [0.2, 0.25) is 25.7 Å². The molecule has 0 unspecified atom stereocenters. The summed E-state index contributed by atoms with van der Waals surface area (Å²) in [6.07, 6.45) is 7.34. The number of hydrazine groups is 2. The lowest BCUT2D eigenvalue weighted by atomic mass is 9.76. The lowest BCUT2D eigenvalue weighted by Crippen LogP contribution is -2.44. The first-order chi connectivity index (χ1) is 20.3. The zero-order chi connectivity index (χ0) is 31.2. The maximum absolute atomic E-state index is 13.6. The molecule has 0 atom stereocenters. The highest BCUT2D eigenvalue weighted by molar-refractivity contribution is 6.76. The van der Waals surface area contributed by atoms with E-state index in [0.717, 1.165) is 61.0 Å². The van der Waals surface area contributed by atoms with Gasteiger partial charge in [0.1, 0.15) is 24.3 Å². The predicted octanol–water partition coefficient (Wildman–Crippen LogP) is 4.66. The maximum atomic E-state index is 13.6. The van der Waals surface area contributed by atoms with Gasteiger partial charge in [-0.05, 0) is 68.1 Å². The number of nitrogens with zero attached hydrogens (tertiary/aromatic N) is 6. The molecule has 12 heteroatoms. The number of carbonyl (C=O) groups is 1. The molecule has 43 heavy (non-hydrogen) atoms. The second kappa shape index (κ2) is 13.9. The number of anilines is 1. The summed E-state index contributed by atoms with van der Waals surface area (Å²) in [5.74, 6) is 0.695. The third-order valence-electron chi connectivity index (χ3n) is 7.85. The van der Waals surface area contributed by atoms with Crippen molar-refractivity contribution in [2.24, 2.45) is 10.5 Å². The van der Waals surface area contributed by atoms with Gasteiger partial charge in [0.05, 0.1) is 12.7 Å². The van der Waals surface area contributed by atoms with E-state index in [0.29, 0.717) is 18.7 Å². The van der Waals surface area contributed by atoms with Crippen molar-refractivity contribution in [3.63, 3.8) is 0 Å². The van der Waals surface area contributed by atoms with Crippen LogP contribution < -0.4 is 16.4 Å². The number of amidine groups is 1. The molecule has 1 amide bonds. The van der Waals surface area contributed by atoms with Crippen LogP contribution in [0.25, 0.3) is 5.57 Å². The number of rotatable bonds is 13. The molecular formula is C31H47N9O2Si. The SMILES string of the molecule is CN(C)CCN1NNN=C1Cc1ccc(NC(=O)c2ncc(C#N)n2COCC[Si](C)(C)C)c(C2=CCC(C)(C)CC2)c1. The summed E-state index contributed by atoms with van der Waals surface area (Å²) in [4.78, 5) is 20.0. The fourth-order valence-electron chi connectivity index (χ4n) is 4.96. The van der Waals surface area contributed by atoms with Crippen molar-refractivity contribution in [2.75, 3.05) is 39.1 Å². The van der Waals surface area contributed by atoms with Crippen LogP contribution in [0.4, 0.5) is 5.69 Å². The third kappa shape index (κ3) is 9.00. The van der Waals surface area contributed by atoms with Crippen LogP contribution in [0.1, 0.15) is 60.5 Å². The van der Waals surface area contributed by atoms with Crippen molar-refractivity contribution in [3.8, 4) is 6.07 Å². The molecule has 1 aromatic heterocycles. The molecule has 0 saturated carbocycles. The minimum atomic E-state index is -1.27. The summed E-state index contributed by atoms with van der Waals surface area (Å²) in [7, 11) is 2.83. The Morgan fingerprint density at radius 3 is 2.74 bits per heavy atom. The Balaban J connectivity index is 1.57. The summed E-state index contributed by atoms with van der Waals surface area (Å²) in [5, 5.41) is 19.2. The van der Waals surface area contributed by atoms with E-state index in [1.807, 2.05) is 31.2 Å². The number of hydrazone groups is 1. The number of nitrogens with one attached hydrogen (secondary N) is 3. The second-order valence-electron chi connectivity index (χ2n) is 13.7. The molecule has 11 nitrogen and oxygen atoms in total. The minimum Gasteiger partial charge on any atom is -0.361 e. The summed E-state index contributed by atoms with van der Waals surface area (Å²) in [6, 6.07) is 9.29. The highest BCUT2D eigenvalue weighted by atomic mass is 28.3. The molecular weight excluding hydrogens is 558 g/mol. The van der Waals surface area contributed by atoms with E-state index in [9.17, 15) is 10.1 Å². The van der Waals surface area contributed by atoms with Crippen molar-refractivity contribution in [1.82, 2.24) is 30.5 Å². The number of ether oxygens (including phenoxy) is 1. The Morgan fingerprint density at radius 1 is 1.28 bits per heavy atom. The number of benzene rings is 1. The van der Waals surface area contributed by atoms with E-state index in [1.54, 1.807) is 4.57 Å². The van der Waals surface area contributed by atoms with Crippen molar-refractivity contribution >= 4 is 31.1 Å². The first-order valence-corrected chi connectivity index (χ1v) is 18.7. The van der Waals surface area contributed by atoms with E-state index in [1.165, 1.54) is 11.8 Å². The Morgan fingerprint density at radius 2 is 2.07 bits per heavy atom. The summed E-state index contributed by atoms with van der Waals surface area (Å²) in [6.45, 7) is 13.8. The topological polar surface area (TPSA) is 123 Å². The number of allylic oxidation sites excluding steroid dienone is 2. The number of hydrogen-bond donors (Lipinski definition) is 3. The molecule has 0 spiro atoms. The lowest BCUT2D eigenvalue weighted by molar-refractivity contribution is 0.0804. The van der Waals surface area contributed by atoms with Gasteiger partial charge in [-0.1, -0.05) is 45.6 Å². The smallest absolute Gasteiger partial charge is 0.291 e. The van der Waals surface area contributed by atoms with E-state index < -0.39 is 8.07 Å². The van der Waals surface area contributed by atoms with Gasteiger partial charge in [0.25, 0.3) is 5.91 Å². The number of hydrogen-bond acceptors (Lipinski definition) is 9. The average Bonchev–Trinajstić information content (AvgIpc) is 3.56. The quantitative estimate of drug-likeness (QED) is 0.223. The van der Waals surface area contributed by atoms with Crippen LogP contribution in [0.15, 0.2) is 35.6 Å². The molecule has 1 aliphatic heterocycles. The maximum Gasteiger partial charge on any atom is 0.291 e. The fourth-order valence-corrected chi connectivity index (χ4v) is 5.72. The highest BCUT2D eigenvalue weighted by Crippen LogP contribution is 2.40. The molecule has 232 valence electrons. The van der Waals surface area contributed by atoms with Gasteiger partial charge in [0.2, 0.25) is 5.82 Å². The molecule has 4 rings (SSSR count). The Hall–Kier alpha value is -3.50. The van der Waals surface area contributed by atoms with Gasteiger partial charge in [-0.15, -0.1) is 10.6 Å². The largest absolute Gasteiger partial charge is 0.361 e. The van der Waals surface area contributed by atoms with Gasteiger partial charge in [0, 0.05) is 38.9 Å². The Bertz CT molecular complexity index is 1400. The van der Waals surface area contributed by atoms with Crippen LogP contribution in [-0.2, 0) is 17.9 Å². The summed E-state index contributed by atoms with van der Waals surface area (Å²) in [5.41, 5.74) is 10.6. The summed E-state index contributed by atoms with van der Waals surface area (Å²) >= 11 is 0. The molecule has 0 bridgehead atoms. The van der Waals surface area contributed by atoms with Crippen LogP contribution in [0, 0.1) is 16.7 Å². The van der Waals surface area contributed by atoms with Gasteiger partial charge >= 0.3 is 0 Å². The van der Waals surface area contributed by atoms with Gasteiger partial charge in [-0.2, -0.15) is 5.26 Å². The Labute approximate surface area is 256 Å². The lowest BCUT2D eigenvalue weighted by Gasteiger charge is -2.29. The number of nitriles is 1. The predicted molar refractivity (Wildman–Crippen MR) is 174 cm³/mol. The van der Waals surface area contributed by atoms with Crippen LogP contribution in [0.3, 0.4) is 0 Å². The van der Waals surface area contributed by atoms with E-state index >= 15 is 0 Å². The van der Waals surface area contributed by atoms with Crippen LogP contribution >= 0.6 is 0 Å². The standard InChI is InChI=1S/C31H47N9O2Si/c1-31(2)12-10-24(11-13-31)26-18-23(19-28-35-36-37-40(28)15-14-38(3)4)8-9-27(26)34-30(41)29-33-21-25(20-32)39(29)22-42-16-17-43(5,6)7/h8-10,18,21,36-37H,11-17,19,22H2,1-7H3,(H,34,41). The van der Waals surface area contributed by atoms with Crippen molar-refractivity contribution in [1.29, 1.82) is 5.26 Å².